The maximum absolute atomic E-state index is 11.8. The summed E-state index contributed by atoms with van der Waals surface area (Å²) in [7, 11) is 1.69. The summed E-state index contributed by atoms with van der Waals surface area (Å²) in [6.45, 7) is 1.72. The van der Waals surface area contributed by atoms with E-state index in [1.54, 1.807) is 14.0 Å². The maximum Gasteiger partial charge on any atom is 0.280 e. The maximum atomic E-state index is 11.8. The van der Waals surface area contributed by atoms with Gasteiger partial charge >= 0.3 is 0 Å². The first kappa shape index (κ1) is 9.78. The van der Waals surface area contributed by atoms with Crippen molar-refractivity contribution >= 4 is 11.0 Å². The van der Waals surface area contributed by atoms with Crippen molar-refractivity contribution in [2.45, 2.75) is 19.6 Å². The molecule has 0 amide bonds. The normalized spacial score (nSPS) is 13.3. The molecule has 0 aliphatic carbocycles. The third-order valence-electron chi connectivity index (χ3n) is 2.06. The fourth-order valence-corrected chi connectivity index (χ4v) is 1.35. The lowest BCUT2D eigenvalue weighted by Crippen LogP contribution is -2.28. The van der Waals surface area contributed by atoms with E-state index in [0.717, 1.165) is 4.68 Å². The predicted octanol–water partition coefficient (Wildman–Crippen LogP) is -1.09. The second kappa shape index (κ2) is 3.43. The van der Waals surface area contributed by atoms with Crippen LogP contribution in [0.3, 0.4) is 0 Å². The number of aromatic nitrogens is 5. The van der Waals surface area contributed by atoms with Gasteiger partial charge in [-0.05, 0) is 6.92 Å². The van der Waals surface area contributed by atoms with E-state index in [2.05, 4.69) is 15.4 Å². The van der Waals surface area contributed by atoms with Crippen LogP contribution in [-0.4, -0.2) is 36.0 Å². The van der Waals surface area contributed by atoms with Crippen molar-refractivity contribution in [2.75, 3.05) is 0 Å². The molecule has 0 unspecified atom stereocenters. The Morgan fingerprint density at radius 1 is 1.60 bits per heavy atom. The second-order valence-electron chi connectivity index (χ2n) is 3.43. The summed E-state index contributed by atoms with van der Waals surface area (Å²) in [6, 6.07) is 0. The third kappa shape index (κ3) is 1.61. The lowest BCUT2D eigenvalue weighted by Gasteiger charge is -2.04. The van der Waals surface area contributed by atoms with Crippen LogP contribution in [0.1, 0.15) is 6.92 Å². The molecule has 0 radical (unpaired) electrons. The van der Waals surface area contributed by atoms with Crippen molar-refractivity contribution in [2.24, 2.45) is 7.05 Å². The fourth-order valence-electron chi connectivity index (χ4n) is 1.35. The SMILES string of the molecule is C[C@@H](O)Cn1nnc2c(cnn2C)c1=O. The Morgan fingerprint density at radius 3 is 3.00 bits per heavy atom. The van der Waals surface area contributed by atoms with Gasteiger partial charge in [-0.1, -0.05) is 5.21 Å². The summed E-state index contributed by atoms with van der Waals surface area (Å²) in [4.78, 5) is 11.8. The molecule has 2 aromatic rings. The molecule has 0 aliphatic heterocycles. The highest BCUT2D eigenvalue weighted by Gasteiger charge is 2.10. The molecule has 0 aliphatic rings. The van der Waals surface area contributed by atoms with Crippen molar-refractivity contribution in [3.63, 3.8) is 0 Å². The van der Waals surface area contributed by atoms with E-state index in [0.29, 0.717) is 11.0 Å². The molecule has 7 nitrogen and oxygen atoms in total. The standard InChI is InChI=1S/C8H11N5O2/c1-5(14)4-13-8(15)6-3-9-12(2)7(6)10-11-13/h3,5,14H,4H2,1-2H3/t5-/m1/s1. The minimum absolute atomic E-state index is 0.136. The van der Waals surface area contributed by atoms with Gasteiger partial charge in [0.1, 0.15) is 5.39 Å². The summed E-state index contributed by atoms with van der Waals surface area (Å²) < 4.78 is 2.62. The van der Waals surface area contributed by atoms with Gasteiger partial charge < -0.3 is 5.11 Å². The Bertz CT molecular complexity index is 541. The lowest BCUT2D eigenvalue weighted by molar-refractivity contribution is 0.165. The van der Waals surface area contributed by atoms with Gasteiger partial charge in [-0.15, -0.1) is 5.10 Å². The van der Waals surface area contributed by atoms with Gasteiger partial charge in [-0.3, -0.25) is 4.79 Å². The first-order valence-electron chi connectivity index (χ1n) is 4.53. The molecule has 0 saturated heterocycles. The van der Waals surface area contributed by atoms with E-state index in [1.807, 2.05) is 0 Å². The van der Waals surface area contributed by atoms with E-state index in [4.69, 9.17) is 5.11 Å². The molecular formula is C8H11N5O2. The molecule has 0 fully saturated rings. The minimum Gasteiger partial charge on any atom is -0.391 e. The van der Waals surface area contributed by atoms with Crippen LogP contribution in [0.15, 0.2) is 11.0 Å². The van der Waals surface area contributed by atoms with E-state index in [1.165, 1.54) is 10.9 Å². The largest absolute Gasteiger partial charge is 0.391 e. The van der Waals surface area contributed by atoms with E-state index in [9.17, 15) is 4.79 Å². The molecule has 2 heterocycles. The third-order valence-corrected chi connectivity index (χ3v) is 2.06. The number of aliphatic hydroxyl groups excluding tert-OH is 1. The lowest BCUT2D eigenvalue weighted by atomic mass is 10.4. The van der Waals surface area contributed by atoms with Gasteiger partial charge in [0, 0.05) is 7.05 Å². The number of fused-ring (bicyclic) bond motifs is 1. The molecule has 80 valence electrons. The van der Waals surface area contributed by atoms with Gasteiger partial charge in [0.25, 0.3) is 5.56 Å². The monoisotopic (exact) mass is 209 g/mol. The topological polar surface area (TPSA) is 85.8 Å². The van der Waals surface area contributed by atoms with Crippen molar-refractivity contribution in [3.8, 4) is 0 Å². The van der Waals surface area contributed by atoms with Gasteiger partial charge in [0.15, 0.2) is 5.65 Å². The van der Waals surface area contributed by atoms with Crippen molar-refractivity contribution in [3.05, 3.63) is 16.6 Å². The molecule has 1 N–H and O–H groups in total. The van der Waals surface area contributed by atoms with E-state index < -0.39 is 6.10 Å². The van der Waals surface area contributed by atoms with Crippen LogP contribution in [0.4, 0.5) is 0 Å². The quantitative estimate of drug-likeness (QED) is 0.679. The van der Waals surface area contributed by atoms with Crippen LogP contribution in [0, 0.1) is 0 Å². The Morgan fingerprint density at radius 2 is 2.33 bits per heavy atom. The highest BCUT2D eigenvalue weighted by Crippen LogP contribution is 2.01. The van der Waals surface area contributed by atoms with E-state index in [-0.39, 0.29) is 12.1 Å². The number of nitrogens with zero attached hydrogens (tertiary/aromatic N) is 5. The average Bonchev–Trinajstić information content (AvgIpc) is 2.53. The number of hydrogen-bond acceptors (Lipinski definition) is 5. The number of hydrogen-bond donors (Lipinski definition) is 1. The number of aliphatic hydroxyl groups is 1. The zero-order chi connectivity index (χ0) is 11.0. The van der Waals surface area contributed by atoms with Gasteiger partial charge in [0.05, 0.1) is 18.8 Å². The fraction of sp³-hybridized carbons (Fsp3) is 0.500. The molecule has 0 bridgehead atoms. The molecule has 15 heavy (non-hydrogen) atoms. The Kier molecular flexibility index (Phi) is 2.24. The summed E-state index contributed by atoms with van der Waals surface area (Å²) in [6.07, 6.45) is 0.816. The van der Waals surface area contributed by atoms with Crippen LogP contribution in [-0.2, 0) is 13.6 Å². The molecular weight excluding hydrogens is 198 g/mol. The van der Waals surface area contributed by atoms with Crippen LogP contribution < -0.4 is 5.56 Å². The molecule has 1 atom stereocenters. The van der Waals surface area contributed by atoms with Gasteiger partial charge in [0.2, 0.25) is 0 Å². The highest BCUT2D eigenvalue weighted by atomic mass is 16.3. The Hall–Kier alpha value is -1.76. The molecule has 0 saturated carbocycles. The number of aryl methyl sites for hydroxylation is 1. The minimum atomic E-state index is -0.633. The van der Waals surface area contributed by atoms with Crippen LogP contribution in [0.2, 0.25) is 0 Å². The summed E-state index contributed by atoms with van der Waals surface area (Å²) >= 11 is 0. The first-order valence-corrected chi connectivity index (χ1v) is 4.53. The van der Waals surface area contributed by atoms with Crippen LogP contribution >= 0.6 is 0 Å². The summed E-state index contributed by atoms with van der Waals surface area (Å²) in [5, 5.41) is 21.1. The predicted molar refractivity (Wildman–Crippen MR) is 52.2 cm³/mol. The van der Waals surface area contributed by atoms with Gasteiger partial charge in [-0.25, -0.2) is 9.36 Å². The number of rotatable bonds is 2. The Balaban J connectivity index is 2.61. The van der Waals surface area contributed by atoms with Crippen molar-refractivity contribution < 1.29 is 5.11 Å². The molecule has 2 aromatic heterocycles. The summed E-state index contributed by atoms with van der Waals surface area (Å²) in [5.41, 5.74) is 0.163. The van der Waals surface area contributed by atoms with Crippen molar-refractivity contribution in [1.82, 2.24) is 24.8 Å². The molecule has 0 aromatic carbocycles. The molecule has 0 spiro atoms. The molecule has 7 heteroatoms. The Labute approximate surface area is 84.9 Å². The molecule has 2 rings (SSSR count). The zero-order valence-corrected chi connectivity index (χ0v) is 8.45. The zero-order valence-electron chi connectivity index (χ0n) is 8.45. The first-order chi connectivity index (χ1) is 7.09. The van der Waals surface area contributed by atoms with Crippen molar-refractivity contribution in [1.29, 1.82) is 0 Å². The van der Waals surface area contributed by atoms with Crippen LogP contribution in [0.5, 0.6) is 0 Å². The average molecular weight is 209 g/mol. The highest BCUT2D eigenvalue weighted by molar-refractivity contribution is 5.72. The van der Waals surface area contributed by atoms with E-state index >= 15 is 0 Å². The summed E-state index contributed by atoms with van der Waals surface area (Å²) in [5.74, 6) is 0. The smallest absolute Gasteiger partial charge is 0.280 e. The van der Waals surface area contributed by atoms with Gasteiger partial charge in [-0.2, -0.15) is 5.10 Å². The van der Waals surface area contributed by atoms with Crippen LogP contribution in [0.25, 0.3) is 11.0 Å². The second-order valence-corrected chi connectivity index (χ2v) is 3.43.